The number of nitrogens with zero attached hydrogens (tertiary/aromatic N) is 2. The third-order valence-corrected chi connectivity index (χ3v) is 3.13. The molecule has 1 aromatic carbocycles. The van der Waals surface area contributed by atoms with Gasteiger partial charge in [-0.1, -0.05) is 0 Å². The van der Waals surface area contributed by atoms with Crippen molar-refractivity contribution in [3.05, 3.63) is 53.5 Å². The van der Waals surface area contributed by atoms with Crippen LogP contribution < -0.4 is 4.74 Å². The van der Waals surface area contributed by atoms with Crippen LogP contribution in [-0.4, -0.2) is 25.1 Å². The number of hydrogen-bond donors (Lipinski definition) is 0. The van der Waals surface area contributed by atoms with Crippen LogP contribution >= 0.6 is 0 Å². The Morgan fingerprint density at radius 3 is 2.60 bits per heavy atom. The van der Waals surface area contributed by atoms with Gasteiger partial charge >= 0.3 is 0 Å². The third-order valence-electron chi connectivity index (χ3n) is 3.13. The van der Waals surface area contributed by atoms with E-state index >= 15 is 0 Å². The Morgan fingerprint density at radius 1 is 1.25 bits per heavy atom. The van der Waals surface area contributed by atoms with Crippen molar-refractivity contribution in [1.29, 1.82) is 5.26 Å². The fourth-order valence-electron chi connectivity index (χ4n) is 1.89. The minimum absolute atomic E-state index is 0.610. The van der Waals surface area contributed by atoms with Crippen molar-refractivity contribution in [3.8, 4) is 11.8 Å². The van der Waals surface area contributed by atoms with Gasteiger partial charge in [-0.3, -0.25) is 4.90 Å². The lowest BCUT2D eigenvalue weighted by Crippen LogP contribution is -2.23. The number of furan rings is 1. The monoisotopic (exact) mass is 270 g/mol. The Balaban J connectivity index is 1.75. The molecule has 0 radical (unpaired) electrons. The van der Waals surface area contributed by atoms with Gasteiger partial charge in [0.05, 0.1) is 17.9 Å². The second-order valence-electron chi connectivity index (χ2n) is 4.72. The summed E-state index contributed by atoms with van der Waals surface area (Å²) in [6.07, 6.45) is 1.71. The number of ether oxygens (including phenoxy) is 1. The highest BCUT2D eigenvalue weighted by Crippen LogP contribution is 2.13. The molecule has 0 amide bonds. The van der Waals surface area contributed by atoms with Gasteiger partial charge in [0, 0.05) is 18.7 Å². The molecule has 0 aliphatic carbocycles. The maximum atomic E-state index is 8.72. The second kappa shape index (κ2) is 6.78. The number of likely N-dealkylation sites (N-methyl/N-ethyl adjacent to an activating group) is 1. The van der Waals surface area contributed by atoms with Gasteiger partial charge in [-0.05, 0) is 44.3 Å². The lowest BCUT2D eigenvalue weighted by atomic mass is 10.2. The van der Waals surface area contributed by atoms with Crippen LogP contribution in [-0.2, 0) is 6.54 Å². The quantitative estimate of drug-likeness (QED) is 0.809. The smallest absolute Gasteiger partial charge is 0.119 e. The van der Waals surface area contributed by atoms with Gasteiger partial charge < -0.3 is 9.15 Å². The lowest BCUT2D eigenvalue weighted by Gasteiger charge is -2.16. The average molecular weight is 270 g/mol. The first-order valence-corrected chi connectivity index (χ1v) is 6.53. The predicted molar refractivity (Wildman–Crippen MR) is 76.4 cm³/mol. The summed E-state index contributed by atoms with van der Waals surface area (Å²) < 4.78 is 10.9. The Bertz CT molecular complexity index is 581. The van der Waals surface area contributed by atoms with Gasteiger partial charge in [0.25, 0.3) is 0 Å². The van der Waals surface area contributed by atoms with Gasteiger partial charge in [0.1, 0.15) is 18.1 Å². The first-order chi connectivity index (χ1) is 9.69. The van der Waals surface area contributed by atoms with E-state index in [2.05, 4.69) is 18.0 Å². The minimum atomic E-state index is 0.610. The molecule has 0 aliphatic heterocycles. The van der Waals surface area contributed by atoms with Gasteiger partial charge in [-0.25, -0.2) is 0 Å². The van der Waals surface area contributed by atoms with Crippen molar-refractivity contribution in [1.82, 2.24) is 4.90 Å². The average Bonchev–Trinajstić information content (AvgIpc) is 2.85. The van der Waals surface area contributed by atoms with Crippen LogP contribution in [0.2, 0.25) is 0 Å². The molecule has 0 atom stereocenters. The molecule has 0 unspecified atom stereocenters. The highest BCUT2D eigenvalue weighted by Gasteiger charge is 2.05. The number of hydrogen-bond acceptors (Lipinski definition) is 4. The second-order valence-corrected chi connectivity index (χ2v) is 4.72. The molecule has 2 aromatic rings. The standard InChI is InChI=1S/C16H18N2O2/c1-13-15(7-9-19-13)12-18(2)8-10-20-16-5-3-14(11-17)4-6-16/h3-7,9H,8,10,12H2,1-2H3. The van der Waals surface area contributed by atoms with Crippen molar-refractivity contribution in [2.45, 2.75) is 13.5 Å². The topological polar surface area (TPSA) is 49.4 Å². The summed E-state index contributed by atoms with van der Waals surface area (Å²) in [7, 11) is 2.05. The number of rotatable bonds is 6. The molecule has 0 aliphatic rings. The Morgan fingerprint density at radius 2 is 2.00 bits per heavy atom. The molecule has 2 rings (SSSR count). The van der Waals surface area contributed by atoms with Crippen LogP contribution in [0.25, 0.3) is 0 Å². The molecule has 1 aromatic heterocycles. The molecule has 0 spiro atoms. The van der Waals surface area contributed by atoms with Crippen molar-refractivity contribution in [2.75, 3.05) is 20.2 Å². The van der Waals surface area contributed by atoms with E-state index in [1.807, 2.05) is 25.1 Å². The fraction of sp³-hybridized carbons (Fsp3) is 0.312. The summed E-state index contributed by atoms with van der Waals surface area (Å²) in [5, 5.41) is 8.72. The normalized spacial score (nSPS) is 10.5. The molecule has 0 saturated carbocycles. The number of benzene rings is 1. The van der Waals surface area contributed by atoms with E-state index < -0.39 is 0 Å². The molecule has 1 heterocycles. The molecule has 4 nitrogen and oxygen atoms in total. The summed E-state index contributed by atoms with van der Waals surface area (Å²) >= 11 is 0. The molecule has 0 N–H and O–H groups in total. The summed E-state index contributed by atoms with van der Waals surface area (Å²) in [6.45, 7) is 4.25. The fourth-order valence-corrected chi connectivity index (χ4v) is 1.89. The third kappa shape index (κ3) is 3.87. The summed E-state index contributed by atoms with van der Waals surface area (Å²) in [4.78, 5) is 2.18. The van der Waals surface area contributed by atoms with E-state index in [1.165, 1.54) is 5.56 Å². The van der Waals surface area contributed by atoms with E-state index in [1.54, 1.807) is 18.4 Å². The van der Waals surface area contributed by atoms with Crippen molar-refractivity contribution in [3.63, 3.8) is 0 Å². The van der Waals surface area contributed by atoms with Crippen LogP contribution in [0.15, 0.2) is 41.0 Å². The van der Waals surface area contributed by atoms with Crippen LogP contribution in [0.1, 0.15) is 16.9 Å². The van der Waals surface area contributed by atoms with Crippen molar-refractivity contribution >= 4 is 0 Å². The lowest BCUT2D eigenvalue weighted by molar-refractivity contribution is 0.232. The van der Waals surface area contributed by atoms with E-state index in [-0.39, 0.29) is 0 Å². The Labute approximate surface area is 119 Å². The SMILES string of the molecule is Cc1occc1CN(C)CCOc1ccc(C#N)cc1. The molecule has 0 fully saturated rings. The molecule has 20 heavy (non-hydrogen) atoms. The summed E-state index contributed by atoms with van der Waals surface area (Å²) in [6, 6.07) is 11.2. The Hall–Kier alpha value is -2.25. The Kier molecular flexibility index (Phi) is 4.80. The van der Waals surface area contributed by atoms with E-state index in [9.17, 15) is 0 Å². The largest absolute Gasteiger partial charge is 0.492 e. The highest BCUT2D eigenvalue weighted by molar-refractivity contribution is 5.34. The van der Waals surface area contributed by atoms with Crippen LogP contribution in [0, 0.1) is 18.3 Å². The van der Waals surface area contributed by atoms with Crippen LogP contribution in [0.3, 0.4) is 0 Å². The maximum Gasteiger partial charge on any atom is 0.119 e. The molecular weight excluding hydrogens is 252 g/mol. The maximum absolute atomic E-state index is 8.72. The highest BCUT2D eigenvalue weighted by atomic mass is 16.5. The first kappa shape index (κ1) is 14.2. The van der Waals surface area contributed by atoms with Gasteiger partial charge in [0.2, 0.25) is 0 Å². The van der Waals surface area contributed by atoms with Crippen LogP contribution in [0.5, 0.6) is 5.75 Å². The molecule has 0 saturated heterocycles. The molecular formula is C16H18N2O2. The zero-order valence-corrected chi connectivity index (χ0v) is 11.8. The summed E-state index contributed by atoms with van der Waals surface area (Å²) in [5.74, 6) is 1.75. The zero-order chi connectivity index (χ0) is 14.4. The van der Waals surface area contributed by atoms with Crippen molar-refractivity contribution in [2.24, 2.45) is 0 Å². The van der Waals surface area contributed by atoms with E-state index in [0.717, 1.165) is 24.6 Å². The zero-order valence-electron chi connectivity index (χ0n) is 11.8. The van der Waals surface area contributed by atoms with Gasteiger partial charge in [-0.2, -0.15) is 5.26 Å². The summed E-state index contributed by atoms with van der Waals surface area (Å²) in [5.41, 5.74) is 1.84. The first-order valence-electron chi connectivity index (χ1n) is 6.53. The molecule has 4 heteroatoms. The van der Waals surface area contributed by atoms with E-state index in [0.29, 0.717) is 12.2 Å². The number of nitriles is 1. The van der Waals surface area contributed by atoms with Crippen molar-refractivity contribution < 1.29 is 9.15 Å². The number of aryl methyl sites for hydroxylation is 1. The molecule has 0 bridgehead atoms. The van der Waals surface area contributed by atoms with E-state index in [4.69, 9.17) is 14.4 Å². The van der Waals surface area contributed by atoms with Crippen LogP contribution in [0.4, 0.5) is 0 Å². The minimum Gasteiger partial charge on any atom is -0.492 e. The van der Waals surface area contributed by atoms with Gasteiger partial charge in [0.15, 0.2) is 0 Å². The van der Waals surface area contributed by atoms with Gasteiger partial charge in [-0.15, -0.1) is 0 Å². The molecule has 104 valence electrons. The predicted octanol–water partition coefficient (Wildman–Crippen LogP) is 2.97.